The second-order valence-electron chi connectivity index (χ2n) is 7.09. The molecule has 1 N–H and O–H groups in total. The summed E-state index contributed by atoms with van der Waals surface area (Å²) in [6, 6.07) is 5.90. The topological polar surface area (TPSA) is 61.1 Å². The summed E-state index contributed by atoms with van der Waals surface area (Å²) in [7, 11) is -1.26. The molecule has 0 aliphatic carbocycles. The van der Waals surface area contributed by atoms with Gasteiger partial charge in [0.1, 0.15) is 16.7 Å². The molecule has 1 rings (SSSR count). The Morgan fingerprint density at radius 3 is 2.16 bits per heavy atom. The molecule has 25 heavy (non-hydrogen) atoms. The Kier molecular flexibility index (Phi) is 8.92. The fourth-order valence-electron chi connectivity index (χ4n) is 2.74. The SMILES string of the molecule is CCCCCCS(=O)/C(C#N)=C/c1cc(C(C)C)c(O)c(C(C)C)c1. The highest BCUT2D eigenvalue weighted by atomic mass is 32.2. The van der Waals surface area contributed by atoms with Gasteiger partial charge in [-0.2, -0.15) is 5.26 Å². The Morgan fingerprint density at radius 1 is 1.16 bits per heavy atom. The third-order valence-corrected chi connectivity index (χ3v) is 5.63. The highest BCUT2D eigenvalue weighted by Gasteiger charge is 2.15. The predicted molar refractivity (Wildman–Crippen MR) is 107 cm³/mol. The van der Waals surface area contributed by atoms with E-state index in [-0.39, 0.29) is 11.8 Å². The van der Waals surface area contributed by atoms with E-state index in [1.54, 1.807) is 6.08 Å². The maximum absolute atomic E-state index is 12.4. The molecule has 0 aromatic heterocycles. The zero-order valence-electron chi connectivity index (χ0n) is 16.1. The van der Waals surface area contributed by atoms with Crippen molar-refractivity contribution in [2.75, 3.05) is 5.75 Å². The molecule has 0 aliphatic rings. The normalized spacial score (nSPS) is 13.3. The zero-order valence-corrected chi connectivity index (χ0v) is 16.9. The van der Waals surface area contributed by atoms with Crippen molar-refractivity contribution in [1.82, 2.24) is 0 Å². The molecule has 0 saturated heterocycles. The minimum Gasteiger partial charge on any atom is -0.507 e. The number of phenolic OH excluding ortho intramolecular Hbond substituents is 1. The molecule has 0 fully saturated rings. The Hall–Kier alpha value is -1.60. The van der Waals surface area contributed by atoms with Crippen LogP contribution in [0.1, 0.15) is 88.8 Å². The van der Waals surface area contributed by atoms with Crippen molar-refractivity contribution >= 4 is 16.9 Å². The summed E-state index contributed by atoms with van der Waals surface area (Å²) in [4.78, 5) is 0.312. The molecule has 4 heteroatoms. The van der Waals surface area contributed by atoms with Gasteiger partial charge in [-0.3, -0.25) is 4.21 Å². The van der Waals surface area contributed by atoms with Gasteiger partial charge in [-0.15, -0.1) is 0 Å². The zero-order chi connectivity index (χ0) is 19.0. The van der Waals surface area contributed by atoms with Gasteiger partial charge in [-0.05, 0) is 53.2 Å². The summed E-state index contributed by atoms with van der Waals surface area (Å²) in [6.45, 7) is 10.3. The lowest BCUT2D eigenvalue weighted by molar-refractivity contribution is 0.454. The van der Waals surface area contributed by atoms with Crippen molar-refractivity contribution in [1.29, 1.82) is 5.26 Å². The van der Waals surface area contributed by atoms with Gasteiger partial charge in [-0.25, -0.2) is 0 Å². The first-order valence-corrected chi connectivity index (χ1v) is 10.5. The van der Waals surface area contributed by atoms with Gasteiger partial charge >= 0.3 is 0 Å². The average molecular weight is 362 g/mol. The fourth-order valence-corrected chi connectivity index (χ4v) is 3.79. The number of hydrogen-bond donors (Lipinski definition) is 1. The van der Waals surface area contributed by atoms with E-state index in [0.29, 0.717) is 16.4 Å². The third kappa shape index (κ3) is 6.32. The van der Waals surface area contributed by atoms with Gasteiger partial charge in [0.15, 0.2) is 0 Å². The fraction of sp³-hybridized carbons (Fsp3) is 0.571. The highest BCUT2D eigenvalue weighted by Crippen LogP contribution is 2.35. The Morgan fingerprint density at radius 2 is 1.72 bits per heavy atom. The van der Waals surface area contributed by atoms with Gasteiger partial charge in [0, 0.05) is 5.75 Å². The van der Waals surface area contributed by atoms with Crippen LogP contribution in [-0.4, -0.2) is 15.1 Å². The lowest BCUT2D eigenvalue weighted by Gasteiger charge is -2.16. The number of hydrogen-bond acceptors (Lipinski definition) is 3. The minimum absolute atomic E-state index is 0.177. The smallest absolute Gasteiger partial charge is 0.122 e. The number of rotatable bonds is 9. The monoisotopic (exact) mass is 361 g/mol. The molecule has 1 aromatic rings. The van der Waals surface area contributed by atoms with Crippen LogP contribution in [0, 0.1) is 11.3 Å². The van der Waals surface area contributed by atoms with Crippen LogP contribution in [-0.2, 0) is 10.8 Å². The first-order valence-electron chi connectivity index (χ1n) is 9.18. The molecule has 0 bridgehead atoms. The van der Waals surface area contributed by atoms with Crippen molar-refractivity contribution in [2.45, 2.75) is 72.1 Å². The molecule has 0 saturated carbocycles. The Labute approximate surface area is 155 Å². The second kappa shape index (κ2) is 10.4. The Bertz CT molecular complexity index is 640. The van der Waals surface area contributed by atoms with E-state index in [9.17, 15) is 14.6 Å². The van der Waals surface area contributed by atoms with Crippen LogP contribution in [0.2, 0.25) is 0 Å². The molecule has 0 heterocycles. The van der Waals surface area contributed by atoms with E-state index in [2.05, 4.69) is 13.0 Å². The van der Waals surface area contributed by atoms with Crippen molar-refractivity contribution in [3.05, 3.63) is 33.7 Å². The highest BCUT2D eigenvalue weighted by molar-refractivity contribution is 7.89. The van der Waals surface area contributed by atoms with E-state index >= 15 is 0 Å². The van der Waals surface area contributed by atoms with E-state index in [4.69, 9.17) is 0 Å². The predicted octanol–water partition coefficient (Wildman–Crippen LogP) is 5.83. The summed E-state index contributed by atoms with van der Waals surface area (Å²) in [5.41, 5.74) is 2.57. The first kappa shape index (κ1) is 21.4. The molecule has 1 unspecified atom stereocenters. The van der Waals surface area contributed by atoms with E-state index < -0.39 is 10.8 Å². The summed E-state index contributed by atoms with van der Waals surface area (Å²) in [6.07, 6.45) is 5.92. The summed E-state index contributed by atoms with van der Waals surface area (Å²) >= 11 is 0. The molecule has 1 atom stereocenters. The van der Waals surface area contributed by atoms with Gasteiger partial charge in [0.2, 0.25) is 0 Å². The average Bonchev–Trinajstić information content (AvgIpc) is 2.56. The molecule has 1 aromatic carbocycles. The maximum Gasteiger partial charge on any atom is 0.122 e. The lowest BCUT2D eigenvalue weighted by atomic mass is 9.91. The summed E-state index contributed by atoms with van der Waals surface area (Å²) in [5.74, 6) is 1.22. The molecule has 0 aliphatic heterocycles. The molecule has 138 valence electrons. The largest absolute Gasteiger partial charge is 0.507 e. The third-order valence-electron chi connectivity index (χ3n) is 4.27. The van der Waals surface area contributed by atoms with E-state index in [1.165, 1.54) is 0 Å². The maximum atomic E-state index is 12.4. The number of nitrogens with zero attached hydrogens (tertiary/aromatic N) is 1. The quantitative estimate of drug-likeness (QED) is 0.444. The van der Waals surface area contributed by atoms with Crippen LogP contribution in [0.5, 0.6) is 5.75 Å². The Balaban J connectivity index is 3.14. The van der Waals surface area contributed by atoms with E-state index in [1.807, 2.05) is 39.8 Å². The molecule has 0 amide bonds. The van der Waals surface area contributed by atoms with Crippen molar-refractivity contribution in [3.8, 4) is 11.8 Å². The number of phenols is 1. The van der Waals surface area contributed by atoms with Crippen LogP contribution < -0.4 is 0 Å². The van der Waals surface area contributed by atoms with Crippen LogP contribution >= 0.6 is 0 Å². The standard InChI is InChI=1S/C21H31NO2S/c1-6-7-8-9-10-25(24)18(14-22)11-17-12-19(15(2)3)21(23)20(13-17)16(4)5/h11-13,15-16,23H,6-10H2,1-5H3/b18-11+. The molecule has 0 spiro atoms. The van der Waals surface area contributed by atoms with Crippen LogP contribution in [0.4, 0.5) is 0 Å². The van der Waals surface area contributed by atoms with Crippen LogP contribution in [0.15, 0.2) is 17.0 Å². The molecular formula is C21H31NO2S. The number of aromatic hydroxyl groups is 1. The molecule has 0 radical (unpaired) electrons. The molecular weight excluding hydrogens is 330 g/mol. The van der Waals surface area contributed by atoms with Gasteiger partial charge < -0.3 is 5.11 Å². The minimum atomic E-state index is -1.26. The summed E-state index contributed by atoms with van der Waals surface area (Å²) < 4.78 is 12.4. The van der Waals surface area contributed by atoms with E-state index in [0.717, 1.165) is 42.4 Å². The number of unbranched alkanes of at least 4 members (excludes halogenated alkanes) is 3. The molecule has 3 nitrogen and oxygen atoms in total. The number of allylic oxidation sites excluding steroid dienone is 1. The van der Waals surface area contributed by atoms with Gasteiger partial charge in [0.05, 0.1) is 10.8 Å². The van der Waals surface area contributed by atoms with Crippen molar-refractivity contribution < 1.29 is 9.32 Å². The number of nitriles is 1. The van der Waals surface area contributed by atoms with Crippen LogP contribution in [0.3, 0.4) is 0 Å². The second-order valence-corrected chi connectivity index (χ2v) is 8.63. The van der Waals surface area contributed by atoms with Crippen molar-refractivity contribution in [3.63, 3.8) is 0 Å². The van der Waals surface area contributed by atoms with Gasteiger partial charge in [0.25, 0.3) is 0 Å². The van der Waals surface area contributed by atoms with Gasteiger partial charge in [-0.1, -0.05) is 53.9 Å². The first-order chi connectivity index (χ1) is 11.8. The lowest BCUT2D eigenvalue weighted by Crippen LogP contribution is -2.01. The number of benzene rings is 1. The summed E-state index contributed by atoms with van der Waals surface area (Å²) in [5, 5.41) is 19.9. The van der Waals surface area contributed by atoms with Crippen LogP contribution in [0.25, 0.3) is 6.08 Å². The van der Waals surface area contributed by atoms with Crippen molar-refractivity contribution in [2.24, 2.45) is 0 Å².